The minimum absolute atomic E-state index is 0.219. The van der Waals surface area contributed by atoms with Crippen LogP contribution in [-0.2, 0) is 4.74 Å². The van der Waals surface area contributed by atoms with Gasteiger partial charge in [0, 0.05) is 38.3 Å². The van der Waals surface area contributed by atoms with Gasteiger partial charge in [0.2, 0.25) is 0 Å². The Hall–Kier alpha value is -1.04. The van der Waals surface area contributed by atoms with Gasteiger partial charge in [0.05, 0.1) is 6.61 Å². The maximum Gasteiger partial charge on any atom is 0.128 e. The van der Waals surface area contributed by atoms with Crippen LogP contribution in [0.25, 0.3) is 0 Å². The molecule has 0 heterocycles. The number of methoxy groups -OCH3 is 1. The Balaban J connectivity index is 2.73. The number of ether oxygens (including phenoxy) is 1. The molecule has 1 rings (SSSR count). The molecule has 3 nitrogen and oxygen atoms in total. The van der Waals surface area contributed by atoms with Crippen LogP contribution in [0, 0.1) is 17.6 Å². The summed E-state index contributed by atoms with van der Waals surface area (Å²) in [4.78, 5) is 2.11. The van der Waals surface area contributed by atoms with Crippen LogP contribution in [0.1, 0.15) is 25.5 Å². The Morgan fingerprint density at radius 1 is 1.25 bits per heavy atom. The Bertz CT molecular complexity index is 413. The minimum atomic E-state index is -0.554. The van der Waals surface area contributed by atoms with E-state index < -0.39 is 17.7 Å². The van der Waals surface area contributed by atoms with Gasteiger partial charge in [-0.25, -0.2) is 8.78 Å². The number of nitrogens with two attached hydrogens (primary N) is 1. The molecule has 0 saturated carbocycles. The van der Waals surface area contributed by atoms with E-state index >= 15 is 0 Å². The molecular weight excluding hydrogens is 262 g/mol. The van der Waals surface area contributed by atoms with E-state index in [1.165, 1.54) is 6.07 Å². The first-order chi connectivity index (χ1) is 9.43. The summed E-state index contributed by atoms with van der Waals surface area (Å²) in [7, 11) is 1.64. The molecule has 0 aromatic heterocycles. The topological polar surface area (TPSA) is 38.5 Å². The van der Waals surface area contributed by atoms with Gasteiger partial charge in [-0.1, -0.05) is 13.8 Å². The van der Waals surface area contributed by atoms with Gasteiger partial charge in [-0.2, -0.15) is 0 Å². The molecule has 0 saturated heterocycles. The second-order valence-corrected chi connectivity index (χ2v) is 5.42. The maximum atomic E-state index is 13.7. The van der Waals surface area contributed by atoms with Crippen molar-refractivity contribution in [1.82, 2.24) is 4.90 Å². The summed E-state index contributed by atoms with van der Waals surface area (Å²) >= 11 is 0. The van der Waals surface area contributed by atoms with Gasteiger partial charge in [-0.15, -0.1) is 0 Å². The lowest BCUT2D eigenvalue weighted by molar-refractivity contribution is 0.135. The third kappa shape index (κ3) is 5.53. The van der Waals surface area contributed by atoms with Crippen molar-refractivity contribution in [1.29, 1.82) is 0 Å². The zero-order chi connectivity index (χ0) is 15.1. The molecule has 0 fully saturated rings. The molecular formula is C15H24F2N2O. The molecule has 114 valence electrons. The van der Waals surface area contributed by atoms with Crippen LogP contribution in [0.5, 0.6) is 0 Å². The highest BCUT2D eigenvalue weighted by molar-refractivity contribution is 5.22. The normalized spacial score (nSPS) is 13.2. The average molecular weight is 286 g/mol. The number of rotatable bonds is 8. The Morgan fingerprint density at radius 3 is 2.55 bits per heavy atom. The molecule has 0 bridgehead atoms. The van der Waals surface area contributed by atoms with Gasteiger partial charge in [0.1, 0.15) is 11.6 Å². The van der Waals surface area contributed by atoms with Crippen LogP contribution in [0.15, 0.2) is 18.2 Å². The molecule has 1 atom stereocenters. The van der Waals surface area contributed by atoms with Crippen LogP contribution in [0.4, 0.5) is 8.78 Å². The van der Waals surface area contributed by atoms with E-state index in [1.807, 2.05) is 0 Å². The number of hydrogen-bond donors (Lipinski definition) is 1. The minimum Gasteiger partial charge on any atom is -0.383 e. The predicted octanol–water partition coefficient (Wildman–Crippen LogP) is 2.57. The molecule has 1 aromatic carbocycles. The summed E-state index contributed by atoms with van der Waals surface area (Å²) in [5.41, 5.74) is 6.24. The smallest absolute Gasteiger partial charge is 0.128 e. The van der Waals surface area contributed by atoms with Gasteiger partial charge in [-0.3, -0.25) is 4.90 Å². The Kier molecular flexibility index (Phi) is 7.05. The van der Waals surface area contributed by atoms with Gasteiger partial charge >= 0.3 is 0 Å². The summed E-state index contributed by atoms with van der Waals surface area (Å²) in [6.45, 7) is 6.84. The number of hydrogen-bond acceptors (Lipinski definition) is 3. The molecule has 0 aliphatic carbocycles. The van der Waals surface area contributed by atoms with Gasteiger partial charge in [0.25, 0.3) is 0 Å². The van der Waals surface area contributed by atoms with E-state index in [0.29, 0.717) is 19.1 Å². The second kappa shape index (κ2) is 8.29. The van der Waals surface area contributed by atoms with Crippen LogP contribution in [0.2, 0.25) is 0 Å². The van der Waals surface area contributed by atoms with Gasteiger partial charge < -0.3 is 10.5 Å². The molecule has 0 aliphatic heterocycles. The first-order valence-corrected chi connectivity index (χ1v) is 6.85. The van der Waals surface area contributed by atoms with Crippen molar-refractivity contribution in [2.24, 2.45) is 11.7 Å². The molecule has 5 heteroatoms. The first-order valence-electron chi connectivity index (χ1n) is 6.85. The highest BCUT2D eigenvalue weighted by Gasteiger charge is 2.17. The highest BCUT2D eigenvalue weighted by atomic mass is 19.1. The number of nitrogens with zero attached hydrogens (tertiary/aromatic N) is 1. The molecule has 20 heavy (non-hydrogen) atoms. The summed E-state index contributed by atoms with van der Waals surface area (Å²) in [6.07, 6.45) is 0. The molecule has 0 radical (unpaired) electrons. The molecule has 2 N–H and O–H groups in total. The molecule has 0 amide bonds. The van der Waals surface area contributed by atoms with Crippen molar-refractivity contribution in [2.75, 3.05) is 33.4 Å². The van der Waals surface area contributed by atoms with E-state index in [4.69, 9.17) is 10.5 Å². The van der Waals surface area contributed by atoms with Gasteiger partial charge in [0.15, 0.2) is 0 Å². The van der Waals surface area contributed by atoms with Crippen molar-refractivity contribution < 1.29 is 13.5 Å². The van der Waals surface area contributed by atoms with Crippen molar-refractivity contribution in [2.45, 2.75) is 19.9 Å². The third-order valence-electron chi connectivity index (χ3n) is 3.05. The van der Waals surface area contributed by atoms with E-state index in [0.717, 1.165) is 25.2 Å². The average Bonchev–Trinajstić information content (AvgIpc) is 2.38. The van der Waals surface area contributed by atoms with Crippen LogP contribution < -0.4 is 5.73 Å². The molecule has 1 unspecified atom stereocenters. The second-order valence-electron chi connectivity index (χ2n) is 5.42. The third-order valence-corrected chi connectivity index (χ3v) is 3.05. The van der Waals surface area contributed by atoms with E-state index in [9.17, 15) is 8.78 Å². The van der Waals surface area contributed by atoms with Crippen LogP contribution >= 0.6 is 0 Å². The lowest BCUT2D eigenvalue weighted by Crippen LogP contribution is -2.37. The molecule has 0 aliphatic rings. The fourth-order valence-electron chi connectivity index (χ4n) is 2.17. The van der Waals surface area contributed by atoms with Crippen molar-refractivity contribution >= 4 is 0 Å². The lowest BCUT2D eigenvalue weighted by Gasteiger charge is -2.27. The fourth-order valence-corrected chi connectivity index (χ4v) is 2.17. The zero-order valence-corrected chi connectivity index (χ0v) is 12.4. The quantitative estimate of drug-likeness (QED) is 0.798. The standard InChI is InChI=1S/C15H24F2N2O/c1-11(2)9-19(6-7-20-3)10-15(18)13-8-12(16)4-5-14(13)17/h4-5,8,11,15H,6-7,9-10,18H2,1-3H3. The number of benzene rings is 1. The monoisotopic (exact) mass is 286 g/mol. The Morgan fingerprint density at radius 2 is 1.95 bits per heavy atom. The fraction of sp³-hybridized carbons (Fsp3) is 0.600. The molecule has 1 aromatic rings. The van der Waals surface area contributed by atoms with Crippen LogP contribution in [-0.4, -0.2) is 38.3 Å². The van der Waals surface area contributed by atoms with Crippen LogP contribution in [0.3, 0.4) is 0 Å². The van der Waals surface area contributed by atoms with Crippen molar-refractivity contribution in [3.05, 3.63) is 35.4 Å². The zero-order valence-electron chi connectivity index (χ0n) is 12.4. The van der Waals surface area contributed by atoms with E-state index in [1.54, 1.807) is 7.11 Å². The Labute approximate surface area is 119 Å². The van der Waals surface area contributed by atoms with Crippen molar-refractivity contribution in [3.8, 4) is 0 Å². The first kappa shape index (κ1) is 17.0. The summed E-state index contributed by atoms with van der Waals surface area (Å²) in [6, 6.07) is 2.83. The van der Waals surface area contributed by atoms with E-state index in [2.05, 4.69) is 18.7 Å². The predicted molar refractivity (Wildman–Crippen MR) is 76.4 cm³/mol. The summed E-state index contributed by atoms with van der Waals surface area (Å²) < 4.78 is 32.0. The summed E-state index contributed by atoms with van der Waals surface area (Å²) in [5.74, 6) is -0.462. The maximum absolute atomic E-state index is 13.7. The number of halogens is 2. The summed E-state index contributed by atoms with van der Waals surface area (Å²) in [5, 5.41) is 0. The highest BCUT2D eigenvalue weighted by Crippen LogP contribution is 2.18. The van der Waals surface area contributed by atoms with Gasteiger partial charge in [-0.05, 0) is 24.1 Å². The van der Waals surface area contributed by atoms with Crippen molar-refractivity contribution in [3.63, 3.8) is 0 Å². The largest absolute Gasteiger partial charge is 0.383 e. The van der Waals surface area contributed by atoms with E-state index in [-0.39, 0.29) is 5.56 Å². The molecule has 0 spiro atoms. The lowest BCUT2D eigenvalue weighted by atomic mass is 10.1. The SMILES string of the molecule is COCCN(CC(C)C)CC(N)c1cc(F)ccc1F.